The van der Waals surface area contributed by atoms with E-state index in [-0.39, 0.29) is 5.75 Å². The van der Waals surface area contributed by atoms with Gasteiger partial charge in [0.15, 0.2) is 0 Å². The van der Waals surface area contributed by atoms with Gasteiger partial charge in [0.25, 0.3) is 0 Å². The average molecular weight is 188 g/mol. The first-order chi connectivity index (χ1) is 6.59. The Labute approximate surface area is 82.4 Å². The van der Waals surface area contributed by atoms with Gasteiger partial charge < -0.3 is 5.11 Å². The van der Waals surface area contributed by atoms with E-state index in [1.54, 1.807) is 0 Å². The van der Waals surface area contributed by atoms with Gasteiger partial charge in [-0.05, 0) is 32.4 Å². The summed E-state index contributed by atoms with van der Waals surface area (Å²) in [6, 6.07) is 3.73. The lowest BCUT2D eigenvalue weighted by molar-refractivity contribution is 0.476. The Bertz CT molecular complexity index is 506. The Morgan fingerprint density at radius 2 is 1.64 bits per heavy atom. The lowest BCUT2D eigenvalue weighted by Gasteiger charge is -2.05. The van der Waals surface area contributed by atoms with Crippen LogP contribution in [0.2, 0.25) is 0 Å². The van der Waals surface area contributed by atoms with Crippen LogP contribution in [0.15, 0.2) is 12.1 Å². The van der Waals surface area contributed by atoms with E-state index in [4.69, 9.17) is 0 Å². The Morgan fingerprint density at radius 3 is 2.36 bits per heavy atom. The number of aromatic nitrogens is 2. The molecule has 0 saturated carbocycles. The van der Waals surface area contributed by atoms with Gasteiger partial charge in [-0.3, -0.25) is 0 Å². The third-order valence-electron chi connectivity index (χ3n) is 2.42. The molecule has 0 aliphatic rings. The zero-order valence-corrected chi connectivity index (χ0v) is 8.50. The van der Waals surface area contributed by atoms with E-state index in [0.717, 1.165) is 22.5 Å². The van der Waals surface area contributed by atoms with Gasteiger partial charge in [-0.1, -0.05) is 6.07 Å². The predicted octanol–water partition coefficient (Wildman–Crippen LogP) is 2.26. The van der Waals surface area contributed by atoms with Crippen molar-refractivity contribution in [2.45, 2.75) is 20.8 Å². The fourth-order valence-electron chi connectivity index (χ4n) is 1.38. The van der Waals surface area contributed by atoms with E-state index in [2.05, 4.69) is 9.97 Å². The molecule has 14 heavy (non-hydrogen) atoms. The number of fused-ring (bicyclic) bond motifs is 1. The van der Waals surface area contributed by atoms with Crippen LogP contribution in [-0.2, 0) is 0 Å². The van der Waals surface area contributed by atoms with Crippen molar-refractivity contribution in [1.82, 2.24) is 9.97 Å². The number of phenolic OH excluding ortho intramolecular Hbond substituents is 1. The van der Waals surface area contributed by atoms with Gasteiger partial charge in [0.1, 0.15) is 11.3 Å². The molecule has 0 unspecified atom stereocenters. The molecule has 1 aromatic carbocycles. The molecule has 0 bridgehead atoms. The largest absolute Gasteiger partial charge is 0.505 e. The highest BCUT2D eigenvalue weighted by molar-refractivity contribution is 5.82. The maximum Gasteiger partial charge on any atom is 0.146 e. The second kappa shape index (κ2) is 2.94. The van der Waals surface area contributed by atoms with Gasteiger partial charge in [-0.25, -0.2) is 9.97 Å². The zero-order valence-electron chi connectivity index (χ0n) is 8.50. The molecule has 0 saturated heterocycles. The summed E-state index contributed by atoms with van der Waals surface area (Å²) in [7, 11) is 0. The van der Waals surface area contributed by atoms with Crippen LogP contribution in [0.25, 0.3) is 11.0 Å². The standard InChI is InChI=1S/C11H12N2O/c1-6-4-5-9-10(11(6)14)13-8(3)7(2)12-9/h4-5,14H,1-3H3. The van der Waals surface area contributed by atoms with Crippen LogP contribution in [0, 0.1) is 20.8 Å². The molecule has 0 radical (unpaired) electrons. The minimum Gasteiger partial charge on any atom is -0.505 e. The zero-order chi connectivity index (χ0) is 10.3. The summed E-state index contributed by atoms with van der Waals surface area (Å²) in [4.78, 5) is 8.68. The smallest absolute Gasteiger partial charge is 0.146 e. The lowest BCUT2D eigenvalue weighted by atomic mass is 10.2. The molecule has 1 aromatic heterocycles. The summed E-state index contributed by atoms with van der Waals surface area (Å²) < 4.78 is 0. The number of nitrogens with zero attached hydrogens (tertiary/aromatic N) is 2. The third-order valence-corrected chi connectivity index (χ3v) is 2.42. The Kier molecular flexibility index (Phi) is 1.88. The van der Waals surface area contributed by atoms with E-state index in [9.17, 15) is 5.11 Å². The Morgan fingerprint density at radius 1 is 1.00 bits per heavy atom. The molecule has 0 aliphatic heterocycles. The molecule has 1 heterocycles. The van der Waals surface area contributed by atoms with Crippen LogP contribution >= 0.6 is 0 Å². The fraction of sp³-hybridized carbons (Fsp3) is 0.273. The Hall–Kier alpha value is -1.64. The summed E-state index contributed by atoms with van der Waals surface area (Å²) in [5, 5.41) is 9.77. The normalized spacial score (nSPS) is 10.8. The molecule has 3 heteroatoms. The van der Waals surface area contributed by atoms with Crippen LogP contribution in [0.1, 0.15) is 17.0 Å². The highest BCUT2D eigenvalue weighted by Gasteiger charge is 2.07. The van der Waals surface area contributed by atoms with Crippen molar-refractivity contribution in [2.24, 2.45) is 0 Å². The number of hydrogen-bond donors (Lipinski definition) is 1. The van der Waals surface area contributed by atoms with E-state index < -0.39 is 0 Å². The number of benzene rings is 1. The minimum absolute atomic E-state index is 0.234. The average Bonchev–Trinajstić information content (AvgIpc) is 2.15. The number of aromatic hydroxyl groups is 1. The molecule has 2 aromatic rings. The monoisotopic (exact) mass is 188 g/mol. The number of rotatable bonds is 0. The van der Waals surface area contributed by atoms with Crippen molar-refractivity contribution >= 4 is 11.0 Å². The molecular weight excluding hydrogens is 176 g/mol. The van der Waals surface area contributed by atoms with Gasteiger partial charge in [-0.15, -0.1) is 0 Å². The number of phenols is 1. The maximum atomic E-state index is 9.77. The summed E-state index contributed by atoms with van der Waals surface area (Å²) in [6.07, 6.45) is 0. The van der Waals surface area contributed by atoms with Crippen molar-refractivity contribution in [1.29, 1.82) is 0 Å². The molecule has 3 nitrogen and oxygen atoms in total. The van der Waals surface area contributed by atoms with Crippen molar-refractivity contribution in [3.63, 3.8) is 0 Å². The van der Waals surface area contributed by atoms with Crippen LogP contribution in [0.4, 0.5) is 0 Å². The van der Waals surface area contributed by atoms with Crippen LogP contribution in [0.5, 0.6) is 5.75 Å². The second-order valence-electron chi connectivity index (χ2n) is 3.49. The first kappa shape index (κ1) is 8.94. The van der Waals surface area contributed by atoms with Gasteiger partial charge in [0.2, 0.25) is 0 Å². The highest BCUT2D eigenvalue weighted by atomic mass is 16.3. The number of aryl methyl sites for hydroxylation is 3. The van der Waals surface area contributed by atoms with E-state index in [1.807, 2.05) is 32.9 Å². The fourth-order valence-corrected chi connectivity index (χ4v) is 1.38. The molecule has 1 N–H and O–H groups in total. The molecule has 0 aliphatic carbocycles. The van der Waals surface area contributed by atoms with Gasteiger partial charge in [0.05, 0.1) is 16.9 Å². The van der Waals surface area contributed by atoms with E-state index in [0.29, 0.717) is 5.52 Å². The quantitative estimate of drug-likeness (QED) is 0.689. The first-order valence-electron chi connectivity index (χ1n) is 4.53. The summed E-state index contributed by atoms with van der Waals surface area (Å²) in [5.41, 5.74) is 3.93. The number of hydrogen-bond acceptors (Lipinski definition) is 3. The van der Waals surface area contributed by atoms with Crippen molar-refractivity contribution in [3.8, 4) is 5.75 Å². The first-order valence-corrected chi connectivity index (χ1v) is 4.53. The molecule has 0 atom stereocenters. The summed E-state index contributed by atoms with van der Waals surface area (Å²) in [5.74, 6) is 0.234. The SMILES string of the molecule is Cc1ccc2nc(C)c(C)nc2c1O. The van der Waals surface area contributed by atoms with Crippen molar-refractivity contribution < 1.29 is 5.11 Å². The molecular formula is C11H12N2O. The summed E-state index contributed by atoms with van der Waals surface area (Å²) in [6.45, 7) is 5.66. The lowest BCUT2D eigenvalue weighted by Crippen LogP contribution is -1.94. The van der Waals surface area contributed by atoms with Crippen LogP contribution in [-0.4, -0.2) is 15.1 Å². The van der Waals surface area contributed by atoms with Crippen LogP contribution < -0.4 is 0 Å². The molecule has 0 spiro atoms. The highest BCUT2D eigenvalue weighted by Crippen LogP contribution is 2.25. The van der Waals surface area contributed by atoms with Gasteiger partial charge in [0, 0.05) is 0 Å². The Balaban J connectivity index is 2.89. The van der Waals surface area contributed by atoms with Crippen molar-refractivity contribution in [3.05, 3.63) is 29.1 Å². The second-order valence-corrected chi connectivity index (χ2v) is 3.49. The molecule has 72 valence electrons. The topological polar surface area (TPSA) is 46.0 Å². The minimum atomic E-state index is 0.234. The molecule has 0 amide bonds. The van der Waals surface area contributed by atoms with Gasteiger partial charge in [-0.2, -0.15) is 0 Å². The van der Waals surface area contributed by atoms with Gasteiger partial charge >= 0.3 is 0 Å². The predicted molar refractivity (Wildman–Crippen MR) is 55.4 cm³/mol. The van der Waals surface area contributed by atoms with Crippen molar-refractivity contribution in [2.75, 3.05) is 0 Å². The van der Waals surface area contributed by atoms with E-state index in [1.165, 1.54) is 0 Å². The third kappa shape index (κ3) is 1.21. The maximum absolute atomic E-state index is 9.77. The molecule has 0 fully saturated rings. The molecule has 2 rings (SSSR count). The van der Waals surface area contributed by atoms with E-state index >= 15 is 0 Å². The van der Waals surface area contributed by atoms with Crippen LogP contribution in [0.3, 0.4) is 0 Å². The summed E-state index contributed by atoms with van der Waals surface area (Å²) >= 11 is 0.